The van der Waals surface area contributed by atoms with Crippen molar-refractivity contribution in [3.8, 4) is 0 Å². The van der Waals surface area contributed by atoms with Crippen LogP contribution in [0.4, 0.5) is 0 Å². The number of carbonyl (C=O) groups excluding carboxylic acids is 3. The van der Waals surface area contributed by atoms with E-state index < -0.39 is 16.8 Å². The Balaban J connectivity index is 0.000000138. The van der Waals surface area contributed by atoms with Gasteiger partial charge in [0.2, 0.25) is 0 Å². The first-order valence-corrected chi connectivity index (χ1v) is 38.4. The zero-order chi connectivity index (χ0) is 67.2. The second kappa shape index (κ2) is 27.6. The topological polar surface area (TPSA) is 276 Å². The van der Waals surface area contributed by atoms with Crippen molar-refractivity contribution in [1.82, 2.24) is 45.4 Å². The number of aromatic amines is 1. The van der Waals surface area contributed by atoms with Crippen molar-refractivity contribution in [1.29, 1.82) is 0 Å². The molecule has 95 heavy (non-hydrogen) atoms. The summed E-state index contributed by atoms with van der Waals surface area (Å²) in [6.07, 6.45) is 35.6. The molecular weight excluding hydrogens is 1260 g/mol. The third kappa shape index (κ3) is 13.5. The minimum atomic E-state index is -0.485. The summed E-state index contributed by atoms with van der Waals surface area (Å²) >= 11 is 3.43. The van der Waals surface area contributed by atoms with E-state index in [9.17, 15) is 39.9 Å². The SMILES string of the molecule is C.C[C@@]1(O)CC[C@@]2(C)[C@@H](CC[C@@H]3[C@@H]2CC[C@]2(C)[C@@H](C(=O)CBr)CC[C@@H]32)C1.C[C@@]1(O)CC[C@@]2(C)[C@@H](CC[C@@H]3[C@@H]2CC[C@]2(C)[C@@H](C(=O)Cn4cc(CO)nn4)CC[C@@H]32)C1.C[C@@]1(O)CC[C@@]2(C)[C@H](CC[C@@H]3[C@@H]2CC[C@]2(C)[C@@H](C(=O)Cn4ncc(CO)n4)CC[C@@H]32)C1.OCc1cn[nH]n1. The minimum Gasteiger partial charge on any atom is -0.390 e. The maximum absolute atomic E-state index is 13.3. The average Bonchev–Trinajstić information content (AvgIpc) is 1.72. The number of aliphatic hydroxyl groups excluding tert-OH is 3. The lowest BCUT2D eigenvalue weighted by molar-refractivity contribution is -0.151. The van der Waals surface area contributed by atoms with Crippen LogP contribution in [0.1, 0.15) is 260 Å². The molecule has 19 heteroatoms. The van der Waals surface area contributed by atoms with E-state index in [2.05, 4.69) is 93.4 Å². The van der Waals surface area contributed by atoms with Crippen LogP contribution in [0.3, 0.4) is 0 Å². The van der Waals surface area contributed by atoms with Crippen LogP contribution in [0.15, 0.2) is 18.6 Å². The second-order valence-electron chi connectivity index (χ2n) is 35.8. The molecule has 15 rings (SSSR count). The number of hydrogen-bond acceptors (Lipinski definition) is 15. The van der Waals surface area contributed by atoms with Gasteiger partial charge in [-0.1, -0.05) is 70.1 Å². The lowest BCUT2D eigenvalue weighted by Crippen LogP contribution is -2.55. The molecule has 12 fully saturated rings. The van der Waals surface area contributed by atoms with Crippen molar-refractivity contribution in [2.24, 2.45) is 121 Å². The Bertz CT molecular complexity index is 3010. The van der Waals surface area contributed by atoms with E-state index in [1.807, 2.05) is 20.8 Å². The number of nitrogens with one attached hydrogen (secondary N) is 1. The first-order valence-electron chi connectivity index (χ1n) is 37.2. The summed E-state index contributed by atoms with van der Waals surface area (Å²) < 4.78 is 1.59. The van der Waals surface area contributed by atoms with Crippen LogP contribution in [0.2, 0.25) is 0 Å². The van der Waals surface area contributed by atoms with E-state index >= 15 is 0 Å². The van der Waals surface area contributed by atoms with Gasteiger partial charge in [0.15, 0.2) is 11.6 Å². The minimum absolute atomic E-state index is 0. The van der Waals surface area contributed by atoms with Crippen LogP contribution in [0.5, 0.6) is 0 Å². The molecule has 532 valence electrons. The van der Waals surface area contributed by atoms with Gasteiger partial charge in [0.1, 0.15) is 36.0 Å². The molecule has 0 amide bonds. The highest BCUT2D eigenvalue weighted by molar-refractivity contribution is 9.09. The molecule has 18 nitrogen and oxygen atoms in total. The summed E-state index contributed by atoms with van der Waals surface area (Å²) in [6.45, 7) is 21.1. The second-order valence-corrected chi connectivity index (χ2v) is 36.4. The van der Waals surface area contributed by atoms with Gasteiger partial charge in [0.05, 0.1) is 60.5 Å². The van der Waals surface area contributed by atoms with E-state index in [0.29, 0.717) is 74.0 Å². The molecule has 0 aliphatic heterocycles. The summed E-state index contributed by atoms with van der Waals surface area (Å²) in [4.78, 5) is 40.6. The number of nitrogens with zero attached hydrogens (tertiary/aromatic N) is 8. The molecule has 0 bridgehead atoms. The van der Waals surface area contributed by atoms with Gasteiger partial charge in [0, 0.05) is 17.8 Å². The van der Waals surface area contributed by atoms with Gasteiger partial charge < -0.3 is 30.6 Å². The molecule has 12 saturated carbocycles. The van der Waals surface area contributed by atoms with Crippen molar-refractivity contribution in [3.05, 3.63) is 35.7 Å². The molecule has 0 unspecified atom stereocenters. The van der Waals surface area contributed by atoms with Gasteiger partial charge in [-0.15, -0.1) is 5.10 Å². The van der Waals surface area contributed by atoms with Crippen molar-refractivity contribution in [2.45, 2.75) is 293 Å². The zero-order valence-electron chi connectivity index (χ0n) is 58.6. The number of aromatic nitrogens is 9. The molecular formula is C76H122BrN9O9. The van der Waals surface area contributed by atoms with E-state index in [4.69, 9.17) is 5.11 Å². The van der Waals surface area contributed by atoms with Crippen molar-refractivity contribution in [3.63, 3.8) is 0 Å². The first kappa shape index (κ1) is 72.9. The summed E-state index contributed by atoms with van der Waals surface area (Å²) in [5.41, 5.74) is 1.76. The Morgan fingerprint density at radius 2 is 0.863 bits per heavy atom. The predicted molar refractivity (Wildman–Crippen MR) is 367 cm³/mol. The molecule has 0 spiro atoms. The number of hydrogen-bond donors (Lipinski definition) is 7. The van der Waals surface area contributed by atoms with E-state index in [-0.39, 0.29) is 85.9 Å². The molecule has 0 saturated heterocycles. The van der Waals surface area contributed by atoms with Crippen molar-refractivity contribution >= 4 is 33.3 Å². The van der Waals surface area contributed by atoms with Crippen LogP contribution in [-0.4, -0.2) is 116 Å². The fourth-order valence-electron chi connectivity index (χ4n) is 25.8. The highest BCUT2D eigenvalue weighted by Gasteiger charge is 2.65. The Morgan fingerprint density at radius 1 is 0.474 bits per heavy atom. The number of H-pyrrole nitrogens is 1. The third-order valence-electron chi connectivity index (χ3n) is 30.9. The molecule has 7 N–H and O–H groups in total. The predicted octanol–water partition coefficient (Wildman–Crippen LogP) is 12.8. The largest absolute Gasteiger partial charge is 0.390 e. The Morgan fingerprint density at radius 3 is 1.21 bits per heavy atom. The third-order valence-corrected chi connectivity index (χ3v) is 31.4. The van der Waals surface area contributed by atoms with Gasteiger partial charge in [-0.25, -0.2) is 4.68 Å². The number of ketones is 3. The summed E-state index contributed by atoms with van der Waals surface area (Å²) in [5.74, 6) is 10.1. The first-order chi connectivity index (χ1) is 44.5. The highest BCUT2D eigenvalue weighted by Crippen LogP contribution is 2.72. The van der Waals surface area contributed by atoms with Crippen LogP contribution in [0, 0.1) is 121 Å². The number of rotatable bonds is 11. The number of halogens is 1. The number of fused-ring (bicyclic) bond motifs is 15. The standard InChI is InChI=1S/2C25H39N3O3.C22H35BrO2.C3H5N3O.CH4/c1-23(31)10-11-24(2)16(12-23)4-5-18-19-6-7-21(25(19,3)9-8-20(18)24)22(30)14-28-13-17(15-29)26-27-28;1-23(31)10-11-24(2)16(12-23)4-5-18-19-6-7-21(25(19,3)9-8-20(18)24)22(30)14-28-26-13-17(15-29)27-28;1-20(25)10-11-21(2)14(12-20)4-5-15-16-6-7-18(19(24)13-23)22(16,3)9-8-17(15)21;7-2-3-1-4-6-5-3;/h2*13,16,18-21,29,31H,4-12,14-15H2,1-3H3;14-18,25H,4-13H2,1-3H3;1,7H,2H2,(H,4,5,6);1H4/t16-,18-,19-,20-,21+,23+,24-,25-;16-,18+,19+,20+,21-,23-,24+,25+;14-,15-,16-,17-,18+,20+,21-,22-;;/m010../s1. The zero-order valence-corrected chi connectivity index (χ0v) is 60.2. The number of aliphatic hydroxyl groups is 6. The number of carbonyl (C=O) groups is 3. The molecule has 0 aromatic carbocycles. The summed E-state index contributed by atoms with van der Waals surface area (Å²) in [6, 6.07) is 0. The smallest absolute Gasteiger partial charge is 0.159 e. The highest BCUT2D eigenvalue weighted by atomic mass is 79.9. The monoisotopic (exact) mass is 1380 g/mol. The molecule has 3 heterocycles. The van der Waals surface area contributed by atoms with Crippen molar-refractivity contribution in [2.75, 3.05) is 5.33 Å². The molecule has 3 aromatic heterocycles. The average molecular weight is 1390 g/mol. The number of alkyl halides is 1. The fourth-order valence-corrected chi connectivity index (χ4v) is 26.2. The molecule has 12 aliphatic carbocycles. The van der Waals surface area contributed by atoms with Crippen LogP contribution in [0.25, 0.3) is 0 Å². The van der Waals surface area contributed by atoms with Gasteiger partial charge >= 0.3 is 0 Å². The lowest BCUT2D eigenvalue weighted by atomic mass is 9.44. The van der Waals surface area contributed by atoms with Crippen LogP contribution < -0.4 is 0 Å². The fraction of sp³-hybridized carbons (Fsp3) is 0.882. The van der Waals surface area contributed by atoms with Crippen LogP contribution in [-0.2, 0) is 47.3 Å². The summed E-state index contributed by atoms with van der Waals surface area (Å²) in [7, 11) is 0. The number of Topliss-reactive ketones (excluding diaryl/α,β-unsaturated/α-hetero) is 3. The molecule has 0 radical (unpaired) electrons. The van der Waals surface area contributed by atoms with Crippen molar-refractivity contribution < 1.29 is 45.0 Å². The van der Waals surface area contributed by atoms with E-state index in [1.54, 1.807) is 17.1 Å². The Labute approximate surface area is 575 Å². The molecule has 24 atom stereocenters. The van der Waals surface area contributed by atoms with E-state index in [1.165, 1.54) is 101 Å². The maximum Gasteiger partial charge on any atom is 0.159 e. The van der Waals surface area contributed by atoms with Gasteiger partial charge in [-0.2, -0.15) is 30.4 Å². The van der Waals surface area contributed by atoms with Gasteiger partial charge in [-0.3, -0.25) is 14.4 Å². The van der Waals surface area contributed by atoms with Crippen LogP contribution >= 0.6 is 15.9 Å². The van der Waals surface area contributed by atoms with Gasteiger partial charge in [0.25, 0.3) is 0 Å². The normalized spacial score (nSPS) is 45.7. The quantitative estimate of drug-likeness (QED) is 0.0879. The van der Waals surface area contributed by atoms with E-state index in [0.717, 1.165) is 125 Å². The Kier molecular flexibility index (Phi) is 21.1. The lowest BCUT2D eigenvalue weighted by Gasteiger charge is -2.61. The molecule has 3 aromatic rings. The van der Waals surface area contributed by atoms with Gasteiger partial charge in [-0.05, 0) is 298 Å². The molecule has 12 aliphatic rings. The summed E-state index contributed by atoms with van der Waals surface area (Å²) in [5, 5.41) is 84.9. The maximum atomic E-state index is 13.3. The Hall–Kier alpha value is -3.33.